The lowest BCUT2D eigenvalue weighted by Gasteiger charge is -2.06. The second kappa shape index (κ2) is 5.61. The number of ether oxygens (including phenoxy) is 1. The number of aromatic nitrogens is 2. The van der Waals surface area contributed by atoms with Crippen LogP contribution < -0.4 is 10.3 Å². The molecule has 6 nitrogen and oxygen atoms in total. The first kappa shape index (κ1) is 14.3. The van der Waals surface area contributed by atoms with Gasteiger partial charge in [0, 0.05) is 5.56 Å². The largest absolute Gasteiger partial charge is 0.504 e. The van der Waals surface area contributed by atoms with E-state index in [0.29, 0.717) is 27.4 Å². The van der Waals surface area contributed by atoms with Crippen molar-refractivity contribution in [2.24, 2.45) is 5.10 Å². The first-order chi connectivity index (χ1) is 10.6. The normalized spacial score (nSPS) is 11.4. The number of phenolic OH excluding ortho intramolecular Hbond substituents is 1. The number of fused-ring (bicyclic) bond motifs is 1. The fraction of sp³-hybridized carbons (Fsp3) is 0.133. The van der Waals surface area contributed by atoms with Crippen molar-refractivity contribution in [3.63, 3.8) is 0 Å². The molecule has 7 heteroatoms. The highest BCUT2D eigenvalue weighted by Gasteiger charge is 2.09. The molecule has 0 radical (unpaired) electrons. The van der Waals surface area contributed by atoms with Gasteiger partial charge in [0.2, 0.25) is 0 Å². The van der Waals surface area contributed by atoms with E-state index < -0.39 is 0 Å². The van der Waals surface area contributed by atoms with E-state index in [0.717, 1.165) is 0 Å². The van der Waals surface area contributed by atoms with Gasteiger partial charge in [-0.3, -0.25) is 4.79 Å². The minimum Gasteiger partial charge on any atom is -0.504 e. The maximum atomic E-state index is 12.4. The van der Waals surface area contributed by atoms with Crippen LogP contribution in [0.4, 0.5) is 0 Å². The van der Waals surface area contributed by atoms with Crippen LogP contribution in [-0.4, -0.2) is 28.1 Å². The van der Waals surface area contributed by atoms with Gasteiger partial charge in [0.05, 0.1) is 18.7 Å². The van der Waals surface area contributed by atoms with Gasteiger partial charge < -0.3 is 9.84 Å². The molecule has 0 atom stereocenters. The van der Waals surface area contributed by atoms with Crippen LogP contribution in [0.2, 0.25) is 0 Å². The summed E-state index contributed by atoms with van der Waals surface area (Å²) in [5.74, 6) is 0.807. The molecule has 0 amide bonds. The van der Waals surface area contributed by atoms with Crippen LogP contribution in [0.25, 0.3) is 10.2 Å². The number of phenols is 1. The average Bonchev–Trinajstić information content (AvgIpc) is 2.97. The molecule has 2 heterocycles. The lowest BCUT2D eigenvalue weighted by atomic mass is 10.2. The molecule has 1 N–H and O–H groups in total. The number of para-hydroxylation sites is 1. The molecule has 0 aliphatic heterocycles. The number of thiophene rings is 1. The topological polar surface area (TPSA) is 76.7 Å². The summed E-state index contributed by atoms with van der Waals surface area (Å²) < 4.78 is 6.26. The highest BCUT2D eigenvalue weighted by atomic mass is 32.1. The Balaban J connectivity index is 2.08. The summed E-state index contributed by atoms with van der Waals surface area (Å²) in [5.41, 5.74) is 0.221. The standard InChI is InChI=1S/C15H13N3O3S/c1-9-17-14-11(6-7-22-14)15(20)18(9)16-8-10-4-3-5-12(21-2)13(10)19/h3-8,19H,1-2H3/b16-8+. The van der Waals surface area contributed by atoms with Crippen molar-refractivity contribution in [1.29, 1.82) is 0 Å². The number of nitrogens with zero attached hydrogens (tertiary/aromatic N) is 3. The summed E-state index contributed by atoms with van der Waals surface area (Å²) in [7, 11) is 1.47. The van der Waals surface area contributed by atoms with Crippen LogP contribution in [0.1, 0.15) is 11.4 Å². The van der Waals surface area contributed by atoms with Crippen LogP contribution in [0.15, 0.2) is 39.5 Å². The number of hydrogen-bond acceptors (Lipinski definition) is 6. The van der Waals surface area contributed by atoms with Gasteiger partial charge in [0.25, 0.3) is 5.56 Å². The van der Waals surface area contributed by atoms with E-state index in [-0.39, 0.29) is 11.3 Å². The predicted octanol–water partition coefficient (Wildman–Crippen LogP) is 2.36. The molecule has 22 heavy (non-hydrogen) atoms. The molecule has 1 aromatic carbocycles. The minimum absolute atomic E-state index is 0.0241. The van der Waals surface area contributed by atoms with Crippen molar-refractivity contribution in [1.82, 2.24) is 9.66 Å². The molecule has 2 aromatic heterocycles. The second-order valence-electron chi connectivity index (χ2n) is 4.56. The Morgan fingerprint density at radius 3 is 3.00 bits per heavy atom. The molecular formula is C15H13N3O3S. The van der Waals surface area contributed by atoms with Crippen molar-refractivity contribution in [3.05, 3.63) is 51.4 Å². The Bertz CT molecular complexity index is 927. The molecule has 0 fully saturated rings. The van der Waals surface area contributed by atoms with Gasteiger partial charge in [0.1, 0.15) is 10.7 Å². The Hall–Kier alpha value is -2.67. The zero-order valence-corrected chi connectivity index (χ0v) is 12.8. The van der Waals surface area contributed by atoms with Gasteiger partial charge in [-0.2, -0.15) is 9.78 Å². The van der Waals surface area contributed by atoms with Crippen LogP contribution >= 0.6 is 11.3 Å². The first-order valence-corrected chi connectivity index (χ1v) is 7.37. The first-order valence-electron chi connectivity index (χ1n) is 6.49. The summed E-state index contributed by atoms with van der Waals surface area (Å²) >= 11 is 1.41. The lowest BCUT2D eigenvalue weighted by molar-refractivity contribution is 0.373. The van der Waals surface area contributed by atoms with Gasteiger partial charge in [-0.1, -0.05) is 6.07 Å². The van der Waals surface area contributed by atoms with E-state index in [4.69, 9.17) is 4.74 Å². The third-order valence-corrected chi connectivity index (χ3v) is 4.01. The molecule has 0 saturated heterocycles. The van der Waals surface area contributed by atoms with Crippen molar-refractivity contribution in [2.75, 3.05) is 7.11 Å². The molecule has 112 valence electrons. The average molecular weight is 315 g/mol. The predicted molar refractivity (Wildman–Crippen MR) is 86.3 cm³/mol. The third kappa shape index (κ3) is 2.35. The van der Waals surface area contributed by atoms with Crippen LogP contribution in [0.5, 0.6) is 11.5 Å². The van der Waals surface area contributed by atoms with E-state index in [1.165, 1.54) is 29.3 Å². The Morgan fingerprint density at radius 1 is 1.41 bits per heavy atom. The van der Waals surface area contributed by atoms with E-state index in [1.54, 1.807) is 31.2 Å². The number of aryl methyl sites for hydroxylation is 1. The number of rotatable bonds is 3. The zero-order chi connectivity index (χ0) is 15.7. The molecule has 0 spiro atoms. The SMILES string of the molecule is COc1cccc(/C=N/n2c(C)nc3sccc3c2=O)c1O. The summed E-state index contributed by atoms with van der Waals surface area (Å²) in [6.45, 7) is 1.71. The van der Waals surface area contributed by atoms with Gasteiger partial charge in [-0.15, -0.1) is 11.3 Å². The van der Waals surface area contributed by atoms with Crippen LogP contribution in [0, 0.1) is 6.92 Å². The van der Waals surface area contributed by atoms with E-state index in [9.17, 15) is 9.90 Å². The third-order valence-electron chi connectivity index (χ3n) is 3.20. The van der Waals surface area contributed by atoms with Gasteiger partial charge in [-0.25, -0.2) is 4.98 Å². The second-order valence-corrected chi connectivity index (χ2v) is 5.45. The van der Waals surface area contributed by atoms with Crippen molar-refractivity contribution in [2.45, 2.75) is 6.92 Å². The van der Waals surface area contributed by atoms with Crippen molar-refractivity contribution in [3.8, 4) is 11.5 Å². The van der Waals surface area contributed by atoms with Gasteiger partial charge >= 0.3 is 0 Å². The fourth-order valence-corrected chi connectivity index (χ4v) is 2.87. The maximum Gasteiger partial charge on any atom is 0.282 e. The van der Waals surface area contributed by atoms with Gasteiger partial charge in [0.15, 0.2) is 11.5 Å². The van der Waals surface area contributed by atoms with Crippen molar-refractivity contribution < 1.29 is 9.84 Å². The van der Waals surface area contributed by atoms with Crippen LogP contribution in [-0.2, 0) is 0 Å². The van der Waals surface area contributed by atoms with Crippen LogP contribution in [0.3, 0.4) is 0 Å². The Kier molecular flexibility index (Phi) is 3.64. The quantitative estimate of drug-likeness (QED) is 0.753. The maximum absolute atomic E-state index is 12.4. The molecule has 3 aromatic rings. The Morgan fingerprint density at radius 2 is 2.23 bits per heavy atom. The summed E-state index contributed by atoms with van der Waals surface area (Å²) in [6.07, 6.45) is 1.41. The highest BCUT2D eigenvalue weighted by Crippen LogP contribution is 2.28. The molecule has 0 aliphatic rings. The Labute approximate surface area is 129 Å². The smallest absolute Gasteiger partial charge is 0.282 e. The minimum atomic E-state index is -0.234. The summed E-state index contributed by atoms with van der Waals surface area (Å²) in [6, 6.07) is 6.78. The van der Waals surface area contributed by atoms with E-state index in [2.05, 4.69) is 10.1 Å². The lowest BCUT2D eigenvalue weighted by Crippen LogP contribution is -2.19. The molecule has 0 bridgehead atoms. The number of benzene rings is 1. The number of hydrogen-bond donors (Lipinski definition) is 1. The molecule has 0 saturated carbocycles. The number of aromatic hydroxyl groups is 1. The molecular weight excluding hydrogens is 302 g/mol. The zero-order valence-electron chi connectivity index (χ0n) is 12.0. The summed E-state index contributed by atoms with van der Waals surface area (Å²) in [4.78, 5) is 17.4. The fourth-order valence-electron chi connectivity index (χ4n) is 2.07. The number of methoxy groups -OCH3 is 1. The summed E-state index contributed by atoms with van der Waals surface area (Å²) in [5, 5.41) is 16.5. The monoisotopic (exact) mass is 315 g/mol. The van der Waals surface area contributed by atoms with Crippen molar-refractivity contribution >= 4 is 27.8 Å². The highest BCUT2D eigenvalue weighted by molar-refractivity contribution is 7.16. The van der Waals surface area contributed by atoms with Gasteiger partial charge in [-0.05, 0) is 30.5 Å². The molecule has 0 aliphatic carbocycles. The molecule has 0 unspecified atom stereocenters. The molecule has 3 rings (SSSR count). The van der Waals surface area contributed by atoms with E-state index in [1.807, 2.05) is 5.38 Å². The van der Waals surface area contributed by atoms with E-state index >= 15 is 0 Å².